The van der Waals surface area contributed by atoms with Crippen molar-refractivity contribution in [2.24, 2.45) is 5.41 Å². The average molecular weight is 517 g/mol. The topological polar surface area (TPSA) is 26.3 Å². The van der Waals surface area contributed by atoms with Crippen LogP contribution in [-0.2, 0) is 12.8 Å². The van der Waals surface area contributed by atoms with Crippen LogP contribution in [0.2, 0.25) is 0 Å². The molecule has 6 rings (SSSR count). The van der Waals surface area contributed by atoms with E-state index in [2.05, 4.69) is 101 Å². The fourth-order valence-corrected chi connectivity index (χ4v) is 7.12. The second kappa shape index (κ2) is 10.6. The maximum atomic E-state index is 6.30. The van der Waals surface area contributed by atoms with Gasteiger partial charge in [0.1, 0.15) is 11.5 Å². The zero-order valence-electron chi connectivity index (χ0n) is 23.8. The molecule has 39 heavy (non-hydrogen) atoms. The monoisotopic (exact) mass is 516 g/mol. The van der Waals surface area contributed by atoms with Gasteiger partial charge in [-0.3, -0.25) is 0 Å². The van der Waals surface area contributed by atoms with Crippen molar-refractivity contribution in [2.75, 3.05) is 0 Å². The van der Waals surface area contributed by atoms with Crippen molar-refractivity contribution in [3.05, 3.63) is 118 Å². The first-order valence-corrected chi connectivity index (χ1v) is 14.8. The molecular formula is C37H40O2. The summed E-state index contributed by atoms with van der Waals surface area (Å²) in [7, 11) is 0. The van der Waals surface area contributed by atoms with Crippen molar-refractivity contribution in [3.8, 4) is 0 Å². The molecule has 0 fully saturated rings. The normalized spacial score (nSPS) is 18.2. The number of rotatable bonds is 10. The van der Waals surface area contributed by atoms with E-state index >= 15 is 0 Å². The Morgan fingerprint density at radius 3 is 1.49 bits per heavy atom. The molecule has 2 aliphatic rings. The molecule has 200 valence electrons. The third-order valence-corrected chi connectivity index (χ3v) is 8.96. The maximum absolute atomic E-state index is 6.30. The third kappa shape index (κ3) is 4.44. The van der Waals surface area contributed by atoms with E-state index in [1.165, 1.54) is 70.2 Å². The Bertz CT molecular complexity index is 1410. The Kier molecular flexibility index (Phi) is 6.97. The number of aryl methyl sites for hydroxylation is 2. The van der Waals surface area contributed by atoms with E-state index in [4.69, 9.17) is 8.83 Å². The lowest BCUT2D eigenvalue weighted by molar-refractivity contribution is 0.299. The molecule has 2 aromatic carbocycles. The first-order chi connectivity index (χ1) is 19.0. The van der Waals surface area contributed by atoms with Gasteiger partial charge in [-0.25, -0.2) is 0 Å². The lowest BCUT2D eigenvalue weighted by Gasteiger charge is -2.41. The van der Waals surface area contributed by atoms with Crippen LogP contribution >= 0.6 is 0 Å². The summed E-state index contributed by atoms with van der Waals surface area (Å²) in [6.07, 6.45) is 15.3. The van der Waals surface area contributed by atoms with Crippen molar-refractivity contribution < 1.29 is 8.83 Å². The second-order valence-electron chi connectivity index (χ2n) is 11.9. The first-order valence-electron chi connectivity index (χ1n) is 14.8. The molecular weight excluding hydrogens is 476 g/mol. The van der Waals surface area contributed by atoms with Gasteiger partial charge in [0.05, 0.1) is 12.5 Å². The molecule has 0 N–H and O–H groups in total. The molecule has 0 radical (unpaired) electrons. The zero-order chi connectivity index (χ0) is 27.0. The largest absolute Gasteiger partial charge is 0.464 e. The Balaban J connectivity index is 1.49. The lowest BCUT2D eigenvalue weighted by Crippen LogP contribution is -2.30. The van der Waals surface area contributed by atoms with E-state index in [0.29, 0.717) is 0 Å². The minimum atomic E-state index is -0.152. The van der Waals surface area contributed by atoms with Crippen LogP contribution in [0.3, 0.4) is 0 Å². The minimum absolute atomic E-state index is 0.152. The van der Waals surface area contributed by atoms with E-state index in [0.717, 1.165) is 24.4 Å². The Morgan fingerprint density at radius 2 is 1.05 bits per heavy atom. The van der Waals surface area contributed by atoms with Crippen molar-refractivity contribution in [2.45, 2.75) is 78.1 Å². The number of hydrogen-bond acceptors (Lipinski definition) is 2. The van der Waals surface area contributed by atoms with Crippen LogP contribution in [0.5, 0.6) is 0 Å². The van der Waals surface area contributed by atoms with Gasteiger partial charge >= 0.3 is 0 Å². The lowest BCUT2D eigenvalue weighted by atomic mass is 9.61. The fraction of sp³-hybridized carbons (Fsp3) is 0.351. The molecule has 2 aliphatic carbocycles. The number of benzene rings is 2. The summed E-state index contributed by atoms with van der Waals surface area (Å²) in [4.78, 5) is 0. The van der Waals surface area contributed by atoms with E-state index in [-0.39, 0.29) is 17.3 Å². The molecule has 0 saturated carbocycles. The zero-order valence-corrected chi connectivity index (χ0v) is 23.8. The highest BCUT2D eigenvalue weighted by molar-refractivity contribution is 5.95. The Morgan fingerprint density at radius 1 is 0.615 bits per heavy atom. The van der Waals surface area contributed by atoms with Gasteiger partial charge in [0.15, 0.2) is 0 Å². The van der Waals surface area contributed by atoms with Gasteiger partial charge in [0, 0.05) is 23.0 Å². The average Bonchev–Trinajstić information content (AvgIpc) is 3.73. The molecule has 4 aromatic rings. The molecule has 2 aromatic heterocycles. The molecule has 2 heteroatoms. The summed E-state index contributed by atoms with van der Waals surface area (Å²) in [5.41, 5.74) is 10.5. The van der Waals surface area contributed by atoms with E-state index in [1.807, 2.05) is 12.5 Å². The SMILES string of the molecule is CCCCc1ccoc1C1=Cc2ccccc2C1C(C)(C)C1C(c2occc2CCCC)=Cc2ccccc21. The van der Waals surface area contributed by atoms with Gasteiger partial charge in [0.2, 0.25) is 0 Å². The molecule has 2 nitrogen and oxygen atoms in total. The highest BCUT2D eigenvalue weighted by Gasteiger charge is 2.48. The van der Waals surface area contributed by atoms with Crippen molar-refractivity contribution >= 4 is 23.3 Å². The first kappa shape index (κ1) is 25.7. The van der Waals surface area contributed by atoms with Gasteiger partial charge in [-0.1, -0.05) is 89.1 Å². The third-order valence-electron chi connectivity index (χ3n) is 8.96. The highest BCUT2D eigenvalue weighted by atomic mass is 16.3. The molecule has 0 amide bonds. The summed E-state index contributed by atoms with van der Waals surface area (Å²) in [5, 5.41) is 0. The van der Waals surface area contributed by atoms with Crippen molar-refractivity contribution in [1.82, 2.24) is 0 Å². The molecule has 0 saturated heterocycles. The fourth-order valence-electron chi connectivity index (χ4n) is 7.12. The standard InChI is InChI=1S/C37H40O2/c1-5-7-13-25-19-21-38-35(25)31-23-27-15-9-11-17-29(27)33(31)37(3,4)34-30-18-12-10-16-28(30)24-32(34)36-26(14-8-6-2)20-22-39-36/h9-12,15-24,33-34H,5-8,13-14H2,1-4H3. The molecule has 2 atom stereocenters. The van der Waals surface area contributed by atoms with Crippen molar-refractivity contribution in [3.63, 3.8) is 0 Å². The van der Waals surface area contributed by atoms with Crippen LogP contribution in [0, 0.1) is 5.41 Å². The summed E-state index contributed by atoms with van der Waals surface area (Å²) in [6, 6.07) is 22.2. The van der Waals surface area contributed by atoms with Gasteiger partial charge in [-0.05, 0) is 88.8 Å². The van der Waals surface area contributed by atoms with Gasteiger partial charge < -0.3 is 8.83 Å². The van der Waals surface area contributed by atoms with Crippen LogP contribution in [0.15, 0.2) is 82.0 Å². The smallest absolute Gasteiger partial charge is 0.133 e. The minimum Gasteiger partial charge on any atom is -0.464 e. The second-order valence-corrected chi connectivity index (χ2v) is 11.9. The Hall–Kier alpha value is -3.52. The van der Waals surface area contributed by atoms with E-state index in [1.54, 1.807) is 0 Å². The Labute approximate surface area is 233 Å². The van der Waals surface area contributed by atoms with E-state index < -0.39 is 0 Å². The van der Waals surface area contributed by atoms with Gasteiger partial charge in [0.25, 0.3) is 0 Å². The van der Waals surface area contributed by atoms with Crippen LogP contribution in [0.4, 0.5) is 0 Å². The van der Waals surface area contributed by atoms with Crippen LogP contribution in [0.1, 0.15) is 110 Å². The van der Waals surface area contributed by atoms with E-state index in [9.17, 15) is 0 Å². The molecule has 0 spiro atoms. The van der Waals surface area contributed by atoms with Crippen LogP contribution in [0.25, 0.3) is 23.3 Å². The molecule has 0 bridgehead atoms. The number of unbranched alkanes of at least 4 members (excludes halogenated alkanes) is 2. The van der Waals surface area contributed by atoms with Crippen LogP contribution < -0.4 is 0 Å². The number of fused-ring (bicyclic) bond motifs is 2. The summed E-state index contributed by atoms with van der Waals surface area (Å²) in [6.45, 7) is 9.42. The number of furan rings is 2. The molecule has 2 unspecified atom stereocenters. The van der Waals surface area contributed by atoms with Crippen LogP contribution in [-0.4, -0.2) is 0 Å². The summed E-state index contributed by atoms with van der Waals surface area (Å²) in [5.74, 6) is 2.51. The summed E-state index contributed by atoms with van der Waals surface area (Å²) < 4.78 is 12.6. The highest BCUT2D eigenvalue weighted by Crippen LogP contribution is 2.62. The van der Waals surface area contributed by atoms with Crippen molar-refractivity contribution in [1.29, 1.82) is 0 Å². The van der Waals surface area contributed by atoms with Gasteiger partial charge in [-0.15, -0.1) is 0 Å². The number of hydrogen-bond donors (Lipinski definition) is 0. The molecule has 2 heterocycles. The number of allylic oxidation sites excluding steroid dienone is 2. The predicted octanol–water partition coefficient (Wildman–Crippen LogP) is 10.6. The molecule has 0 aliphatic heterocycles. The maximum Gasteiger partial charge on any atom is 0.133 e. The van der Waals surface area contributed by atoms with Gasteiger partial charge in [-0.2, -0.15) is 0 Å². The predicted molar refractivity (Wildman–Crippen MR) is 163 cm³/mol. The quantitative estimate of drug-likeness (QED) is 0.209. The summed E-state index contributed by atoms with van der Waals surface area (Å²) >= 11 is 0.